The fourth-order valence-electron chi connectivity index (χ4n) is 2.17. The van der Waals surface area contributed by atoms with Gasteiger partial charge in [0.1, 0.15) is 0 Å². The van der Waals surface area contributed by atoms with Crippen molar-refractivity contribution in [2.24, 2.45) is 0 Å². The van der Waals surface area contributed by atoms with E-state index in [1.54, 1.807) is 36.4 Å². The van der Waals surface area contributed by atoms with E-state index in [0.717, 1.165) is 5.56 Å². The zero-order chi connectivity index (χ0) is 15.7. The molecule has 8 heteroatoms. The first-order chi connectivity index (χ1) is 10.5. The number of carbonyl (C=O) groups excluding carboxylic acids is 1. The van der Waals surface area contributed by atoms with Gasteiger partial charge in [0.2, 0.25) is 0 Å². The molecule has 0 radical (unpaired) electrons. The Bertz CT molecular complexity index is 742. The largest absolute Gasteiger partial charge is 0.491 e. The maximum Gasteiger partial charge on any atom is 0.491 e. The van der Waals surface area contributed by atoms with Crippen LogP contribution in [0.1, 0.15) is 5.56 Å². The molecule has 22 heavy (non-hydrogen) atoms. The highest BCUT2D eigenvalue weighted by Crippen LogP contribution is 2.25. The van der Waals surface area contributed by atoms with E-state index in [9.17, 15) is 9.82 Å². The van der Waals surface area contributed by atoms with Crippen LogP contribution in [0.3, 0.4) is 0 Å². The van der Waals surface area contributed by atoms with Crippen molar-refractivity contribution in [2.45, 2.75) is 6.61 Å². The molecule has 0 saturated heterocycles. The van der Waals surface area contributed by atoms with Gasteiger partial charge in [0.15, 0.2) is 0 Å². The third-order valence-electron chi connectivity index (χ3n) is 3.25. The Kier molecular flexibility index (Phi) is 4.26. The monoisotopic (exact) mass is 336 g/mol. The van der Waals surface area contributed by atoms with Crippen molar-refractivity contribution >= 4 is 53.2 Å². The highest BCUT2D eigenvalue weighted by molar-refractivity contribution is 6.61. The number of hydrogen-bond acceptors (Lipinski definition) is 3. The number of halogens is 2. The van der Waals surface area contributed by atoms with Gasteiger partial charge in [-0.05, 0) is 41.4 Å². The zero-order valence-electron chi connectivity index (χ0n) is 11.3. The lowest BCUT2D eigenvalue weighted by Crippen LogP contribution is -2.29. The van der Waals surface area contributed by atoms with E-state index in [2.05, 4.69) is 10.6 Å². The van der Waals surface area contributed by atoms with Crippen molar-refractivity contribution in [3.05, 3.63) is 52.0 Å². The summed E-state index contributed by atoms with van der Waals surface area (Å²) in [6.45, 7) is 0.364. The molecule has 0 unspecified atom stereocenters. The van der Waals surface area contributed by atoms with Crippen LogP contribution in [0.4, 0.5) is 16.2 Å². The van der Waals surface area contributed by atoms with Crippen LogP contribution < -0.4 is 16.1 Å². The first kappa shape index (κ1) is 15.2. The molecule has 0 fully saturated rings. The van der Waals surface area contributed by atoms with Gasteiger partial charge in [-0.25, -0.2) is 4.79 Å². The lowest BCUT2D eigenvalue weighted by atomic mass is 9.79. The smallest absolute Gasteiger partial charge is 0.423 e. The molecule has 1 heterocycles. The number of fused-ring (bicyclic) bond motifs is 1. The van der Waals surface area contributed by atoms with Gasteiger partial charge in [-0.2, -0.15) is 0 Å². The minimum absolute atomic E-state index is 0.348. The molecule has 0 saturated carbocycles. The molecule has 3 N–H and O–H groups in total. The molecule has 1 aliphatic rings. The number of rotatable bonds is 2. The van der Waals surface area contributed by atoms with Gasteiger partial charge >= 0.3 is 13.1 Å². The number of nitrogens with one attached hydrogen (secondary N) is 2. The molecule has 0 aliphatic carbocycles. The molecular weight excluding hydrogens is 326 g/mol. The first-order valence-electron chi connectivity index (χ1n) is 6.48. The summed E-state index contributed by atoms with van der Waals surface area (Å²) >= 11 is 11.8. The summed E-state index contributed by atoms with van der Waals surface area (Å²) in [5.41, 5.74) is 2.56. The van der Waals surface area contributed by atoms with Crippen molar-refractivity contribution in [1.82, 2.24) is 0 Å². The minimum Gasteiger partial charge on any atom is -0.423 e. The molecule has 2 aromatic rings. The second-order valence-corrected chi connectivity index (χ2v) is 5.62. The van der Waals surface area contributed by atoms with E-state index in [-0.39, 0.29) is 0 Å². The van der Waals surface area contributed by atoms with E-state index in [4.69, 9.17) is 27.9 Å². The summed E-state index contributed by atoms with van der Waals surface area (Å²) in [6, 6.07) is 9.56. The molecule has 2 aromatic carbocycles. The highest BCUT2D eigenvalue weighted by Gasteiger charge is 2.27. The van der Waals surface area contributed by atoms with E-state index in [1.165, 1.54) is 0 Å². The van der Waals surface area contributed by atoms with Crippen LogP contribution in [0, 0.1) is 0 Å². The summed E-state index contributed by atoms with van der Waals surface area (Å²) in [5, 5.41) is 15.8. The van der Waals surface area contributed by atoms with E-state index >= 15 is 0 Å². The number of amides is 2. The summed E-state index contributed by atoms with van der Waals surface area (Å²) in [5.74, 6) is 0. The Morgan fingerprint density at radius 2 is 2.00 bits per heavy atom. The van der Waals surface area contributed by atoms with E-state index < -0.39 is 13.1 Å². The maximum atomic E-state index is 12.0. The third kappa shape index (κ3) is 3.20. The second-order valence-electron chi connectivity index (χ2n) is 4.78. The topological polar surface area (TPSA) is 70.6 Å². The van der Waals surface area contributed by atoms with Crippen molar-refractivity contribution in [1.29, 1.82) is 0 Å². The van der Waals surface area contributed by atoms with Crippen molar-refractivity contribution in [3.63, 3.8) is 0 Å². The van der Waals surface area contributed by atoms with Gasteiger partial charge in [0.05, 0.1) is 17.3 Å². The number of anilines is 2. The molecule has 0 bridgehead atoms. The standard InChI is InChI=1S/C14H11BCl2N2O3/c16-9-2-4-13(12(17)5-9)19-14(20)18-10-3-1-8-7-22-15(21)11(8)6-10/h1-6,21H,7H2,(H2,18,19,20). The number of benzene rings is 2. The highest BCUT2D eigenvalue weighted by atomic mass is 35.5. The molecule has 1 aliphatic heterocycles. The summed E-state index contributed by atoms with van der Waals surface area (Å²) in [7, 11) is -0.953. The van der Waals surface area contributed by atoms with Crippen LogP contribution in [-0.2, 0) is 11.3 Å². The summed E-state index contributed by atoms with van der Waals surface area (Å²) in [4.78, 5) is 12.0. The Labute approximate surface area is 137 Å². The van der Waals surface area contributed by atoms with Gasteiger partial charge in [-0.15, -0.1) is 0 Å². The second kappa shape index (κ2) is 6.18. The zero-order valence-corrected chi connectivity index (χ0v) is 12.8. The number of urea groups is 1. The van der Waals surface area contributed by atoms with Gasteiger partial charge in [-0.3, -0.25) is 0 Å². The lowest BCUT2D eigenvalue weighted by Gasteiger charge is -2.10. The summed E-state index contributed by atoms with van der Waals surface area (Å²) in [6.07, 6.45) is 0. The molecule has 3 rings (SSSR count). The average molecular weight is 337 g/mol. The van der Waals surface area contributed by atoms with E-state index in [1.807, 2.05) is 0 Å². The van der Waals surface area contributed by atoms with Crippen LogP contribution in [0.2, 0.25) is 10.0 Å². The van der Waals surface area contributed by atoms with E-state index in [0.29, 0.717) is 33.5 Å². The average Bonchev–Trinajstić information content (AvgIpc) is 2.83. The van der Waals surface area contributed by atoms with Crippen molar-refractivity contribution < 1.29 is 14.5 Å². The fraction of sp³-hybridized carbons (Fsp3) is 0.0714. The minimum atomic E-state index is -0.953. The van der Waals surface area contributed by atoms with Crippen LogP contribution in [0.5, 0.6) is 0 Å². The molecule has 5 nitrogen and oxygen atoms in total. The summed E-state index contributed by atoms with van der Waals surface area (Å²) < 4.78 is 5.10. The SMILES string of the molecule is O=C(Nc1ccc2c(c1)B(O)OC2)Nc1ccc(Cl)cc1Cl. The normalized spacial score (nSPS) is 13.0. The van der Waals surface area contributed by atoms with Crippen LogP contribution >= 0.6 is 23.2 Å². The van der Waals surface area contributed by atoms with Gasteiger partial charge < -0.3 is 20.3 Å². The van der Waals surface area contributed by atoms with Gasteiger partial charge in [0.25, 0.3) is 0 Å². The number of carbonyl (C=O) groups is 1. The molecular formula is C14H11BCl2N2O3. The predicted molar refractivity (Wildman–Crippen MR) is 87.9 cm³/mol. The molecule has 0 spiro atoms. The Balaban J connectivity index is 1.71. The fourth-order valence-corrected chi connectivity index (χ4v) is 2.62. The Hall–Kier alpha value is -1.73. The van der Waals surface area contributed by atoms with Crippen LogP contribution in [-0.4, -0.2) is 18.2 Å². The van der Waals surface area contributed by atoms with Crippen molar-refractivity contribution in [2.75, 3.05) is 10.6 Å². The first-order valence-corrected chi connectivity index (χ1v) is 7.24. The Morgan fingerprint density at radius 1 is 1.18 bits per heavy atom. The van der Waals surface area contributed by atoms with Gasteiger partial charge in [-0.1, -0.05) is 29.3 Å². The molecule has 112 valence electrons. The van der Waals surface area contributed by atoms with Crippen LogP contribution in [0.25, 0.3) is 0 Å². The molecule has 2 amide bonds. The van der Waals surface area contributed by atoms with Crippen LogP contribution in [0.15, 0.2) is 36.4 Å². The quantitative estimate of drug-likeness (QED) is 0.738. The molecule has 0 aromatic heterocycles. The van der Waals surface area contributed by atoms with Crippen molar-refractivity contribution in [3.8, 4) is 0 Å². The predicted octanol–water partition coefficient (Wildman–Crippen LogP) is 2.86. The maximum absolute atomic E-state index is 12.0. The Morgan fingerprint density at radius 3 is 2.77 bits per heavy atom. The molecule has 0 atom stereocenters. The third-order valence-corrected chi connectivity index (χ3v) is 3.79. The lowest BCUT2D eigenvalue weighted by molar-refractivity contribution is 0.262. The number of hydrogen-bond donors (Lipinski definition) is 3. The van der Waals surface area contributed by atoms with Gasteiger partial charge in [0, 0.05) is 10.7 Å².